The average molecular weight is 423 g/mol. The summed E-state index contributed by atoms with van der Waals surface area (Å²) >= 11 is 0. The molecule has 1 amide bonds. The molecule has 10 heteroatoms. The fraction of sp³-hybridized carbons (Fsp3) is 0.500. The summed E-state index contributed by atoms with van der Waals surface area (Å²) < 4.78 is 21.2. The number of aliphatic hydroxyl groups excluding tert-OH is 1. The number of ether oxygens (including phenoxy) is 4. The lowest BCUT2D eigenvalue weighted by Gasteiger charge is -2.47. The number of nitrogens with zero attached hydrogens (tertiary/aromatic N) is 1. The van der Waals surface area contributed by atoms with E-state index in [2.05, 4.69) is 0 Å². The number of amides is 1. The number of carbonyl (C=O) groups is 4. The number of para-hydroxylation sites is 1. The number of esters is 3. The smallest absolute Gasteiger partial charge is 0.303 e. The Hall–Kier alpha value is -2.98. The Labute approximate surface area is 173 Å². The van der Waals surface area contributed by atoms with E-state index in [0.717, 1.165) is 13.8 Å². The standard InChI is InChI=1S/C20H25NO9/c1-11(22)21(15-8-6-5-7-9-15)17-19(29-14(4)25)18(28-13(3)24)16(30-20(17)26)10-27-12(2)23/h5-9,16-20,26H,10H2,1-4H3/t16-,17-,18-,19-,20-/m1/s1. The Morgan fingerprint density at radius 2 is 1.50 bits per heavy atom. The van der Waals surface area contributed by atoms with Crippen molar-refractivity contribution < 1.29 is 43.2 Å². The zero-order valence-corrected chi connectivity index (χ0v) is 17.1. The van der Waals surface area contributed by atoms with Gasteiger partial charge in [0.15, 0.2) is 18.5 Å². The zero-order valence-electron chi connectivity index (χ0n) is 17.1. The summed E-state index contributed by atoms with van der Waals surface area (Å²) in [4.78, 5) is 48.5. The predicted molar refractivity (Wildman–Crippen MR) is 102 cm³/mol. The molecule has 1 N–H and O–H groups in total. The number of hydrogen-bond acceptors (Lipinski definition) is 9. The van der Waals surface area contributed by atoms with Crippen LogP contribution in [0.25, 0.3) is 0 Å². The monoisotopic (exact) mass is 423 g/mol. The molecule has 164 valence electrons. The van der Waals surface area contributed by atoms with E-state index in [4.69, 9.17) is 18.9 Å². The Balaban J connectivity index is 2.51. The van der Waals surface area contributed by atoms with Crippen molar-refractivity contribution in [3.63, 3.8) is 0 Å². The molecule has 1 saturated heterocycles. The Bertz CT molecular complexity index is 782. The molecular formula is C20H25NO9. The number of hydrogen-bond donors (Lipinski definition) is 1. The summed E-state index contributed by atoms with van der Waals surface area (Å²) in [5.41, 5.74) is 0.412. The van der Waals surface area contributed by atoms with Crippen LogP contribution in [-0.2, 0) is 38.1 Å². The van der Waals surface area contributed by atoms with Crippen LogP contribution in [0.15, 0.2) is 30.3 Å². The van der Waals surface area contributed by atoms with Crippen LogP contribution >= 0.6 is 0 Å². The molecule has 0 aliphatic carbocycles. The first-order valence-electron chi connectivity index (χ1n) is 9.28. The SMILES string of the molecule is CC(=O)OC[C@H]1O[C@@H](O)[C@H](N(C(C)=O)c2ccccc2)[C@@H](OC(C)=O)[C@@H]1OC(C)=O. The molecule has 0 saturated carbocycles. The van der Waals surface area contributed by atoms with E-state index >= 15 is 0 Å². The van der Waals surface area contributed by atoms with Gasteiger partial charge in [-0.25, -0.2) is 0 Å². The van der Waals surface area contributed by atoms with E-state index in [1.807, 2.05) is 0 Å². The van der Waals surface area contributed by atoms with Gasteiger partial charge >= 0.3 is 17.9 Å². The lowest BCUT2D eigenvalue weighted by molar-refractivity contribution is -0.260. The van der Waals surface area contributed by atoms with Crippen molar-refractivity contribution in [2.45, 2.75) is 58.3 Å². The maximum atomic E-state index is 12.5. The van der Waals surface area contributed by atoms with E-state index in [1.165, 1.54) is 18.7 Å². The van der Waals surface area contributed by atoms with Crippen LogP contribution in [0.1, 0.15) is 27.7 Å². The van der Waals surface area contributed by atoms with Crippen molar-refractivity contribution >= 4 is 29.5 Å². The molecule has 1 heterocycles. The van der Waals surface area contributed by atoms with Crippen molar-refractivity contribution in [1.29, 1.82) is 0 Å². The Kier molecular flexibility index (Phi) is 7.90. The van der Waals surface area contributed by atoms with Gasteiger partial charge in [0, 0.05) is 33.4 Å². The third kappa shape index (κ3) is 5.77. The van der Waals surface area contributed by atoms with Gasteiger partial charge in [0.2, 0.25) is 5.91 Å². The van der Waals surface area contributed by atoms with Crippen molar-refractivity contribution in [2.24, 2.45) is 0 Å². The molecule has 1 aromatic rings. The molecule has 0 spiro atoms. The van der Waals surface area contributed by atoms with Crippen LogP contribution in [0.5, 0.6) is 0 Å². The van der Waals surface area contributed by atoms with Crippen LogP contribution in [-0.4, -0.2) is 66.2 Å². The minimum atomic E-state index is -1.63. The highest BCUT2D eigenvalue weighted by molar-refractivity contribution is 5.92. The molecule has 0 aromatic heterocycles. The van der Waals surface area contributed by atoms with Gasteiger partial charge in [0.25, 0.3) is 0 Å². The Morgan fingerprint density at radius 1 is 0.933 bits per heavy atom. The van der Waals surface area contributed by atoms with Gasteiger partial charge in [-0.1, -0.05) is 18.2 Å². The van der Waals surface area contributed by atoms with Crippen LogP contribution in [0, 0.1) is 0 Å². The van der Waals surface area contributed by atoms with Crippen LogP contribution in [0.4, 0.5) is 5.69 Å². The summed E-state index contributed by atoms with van der Waals surface area (Å²) in [6, 6.07) is 7.15. The number of rotatable bonds is 6. The molecule has 2 rings (SSSR count). The first-order chi connectivity index (χ1) is 14.1. The fourth-order valence-electron chi connectivity index (χ4n) is 3.33. The van der Waals surface area contributed by atoms with Gasteiger partial charge in [-0.2, -0.15) is 0 Å². The van der Waals surface area contributed by atoms with Gasteiger partial charge < -0.3 is 29.0 Å². The molecule has 5 atom stereocenters. The van der Waals surface area contributed by atoms with E-state index in [1.54, 1.807) is 30.3 Å². The first kappa shape index (κ1) is 23.3. The van der Waals surface area contributed by atoms with E-state index in [0.29, 0.717) is 5.69 Å². The maximum absolute atomic E-state index is 12.5. The molecule has 30 heavy (non-hydrogen) atoms. The van der Waals surface area contributed by atoms with Crippen molar-refractivity contribution in [3.8, 4) is 0 Å². The Morgan fingerprint density at radius 3 is 2.00 bits per heavy atom. The molecule has 0 unspecified atom stereocenters. The predicted octanol–water partition coefficient (Wildman–Crippen LogP) is 0.552. The second kappa shape index (κ2) is 10.2. The first-order valence-corrected chi connectivity index (χ1v) is 9.28. The van der Waals surface area contributed by atoms with Crippen molar-refractivity contribution in [1.82, 2.24) is 0 Å². The summed E-state index contributed by atoms with van der Waals surface area (Å²) in [6.07, 6.45) is -5.30. The average Bonchev–Trinajstić information content (AvgIpc) is 2.65. The van der Waals surface area contributed by atoms with Gasteiger partial charge in [0.05, 0.1) is 0 Å². The molecule has 1 aliphatic heterocycles. The number of benzene rings is 1. The number of anilines is 1. The number of carbonyl (C=O) groups excluding carboxylic acids is 4. The second-order valence-electron chi connectivity index (χ2n) is 6.73. The third-order valence-electron chi connectivity index (χ3n) is 4.36. The van der Waals surface area contributed by atoms with Gasteiger partial charge in [-0.05, 0) is 12.1 Å². The largest absolute Gasteiger partial charge is 0.463 e. The lowest BCUT2D eigenvalue weighted by Crippen LogP contribution is -2.67. The minimum absolute atomic E-state index is 0.361. The topological polar surface area (TPSA) is 129 Å². The second-order valence-corrected chi connectivity index (χ2v) is 6.73. The normalized spacial score (nSPS) is 25.7. The van der Waals surface area contributed by atoms with Crippen LogP contribution in [0.3, 0.4) is 0 Å². The molecule has 1 aromatic carbocycles. The van der Waals surface area contributed by atoms with Gasteiger partial charge in [0.1, 0.15) is 18.8 Å². The van der Waals surface area contributed by atoms with Crippen molar-refractivity contribution in [2.75, 3.05) is 11.5 Å². The summed E-state index contributed by atoms with van der Waals surface area (Å²) in [7, 11) is 0. The molecule has 1 aliphatic rings. The van der Waals surface area contributed by atoms with E-state index in [-0.39, 0.29) is 6.61 Å². The summed E-state index contributed by atoms with van der Waals surface area (Å²) in [5, 5.41) is 10.7. The van der Waals surface area contributed by atoms with Crippen LogP contribution < -0.4 is 4.90 Å². The zero-order chi connectivity index (χ0) is 22.4. The third-order valence-corrected chi connectivity index (χ3v) is 4.36. The lowest BCUT2D eigenvalue weighted by atomic mass is 9.94. The highest BCUT2D eigenvalue weighted by atomic mass is 16.7. The highest BCUT2D eigenvalue weighted by Crippen LogP contribution is 2.32. The van der Waals surface area contributed by atoms with Gasteiger partial charge in [-0.3, -0.25) is 19.2 Å². The summed E-state index contributed by atoms with van der Waals surface area (Å²) in [5.74, 6) is -2.52. The number of aliphatic hydroxyl groups is 1. The van der Waals surface area contributed by atoms with E-state index in [9.17, 15) is 24.3 Å². The minimum Gasteiger partial charge on any atom is -0.463 e. The summed E-state index contributed by atoms with van der Waals surface area (Å²) in [6.45, 7) is 4.38. The maximum Gasteiger partial charge on any atom is 0.303 e. The van der Waals surface area contributed by atoms with Gasteiger partial charge in [-0.15, -0.1) is 0 Å². The molecule has 0 bridgehead atoms. The highest BCUT2D eigenvalue weighted by Gasteiger charge is 2.53. The fourth-order valence-corrected chi connectivity index (χ4v) is 3.33. The molecule has 1 fully saturated rings. The van der Waals surface area contributed by atoms with Crippen LogP contribution in [0.2, 0.25) is 0 Å². The molecule has 10 nitrogen and oxygen atoms in total. The quantitative estimate of drug-likeness (QED) is 0.515. The van der Waals surface area contributed by atoms with Crippen molar-refractivity contribution in [3.05, 3.63) is 30.3 Å². The molecular weight excluding hydrogens is 398 g/mol. The van der Waals surface area contributed by atoms with E-state index < -0.39 is 54.5 Å². The molecule has 0 radical (unpaired) electrons.